The number of nitriles is 1. The molecule has 3 aromatic carbocycles. The van der Waals surface area contributed by atoms with Crippen molar-refractivity contribution in [2.24, 2.45) is 5.16 Å². The average molecular weight is 379 g/mol. The van der Waals surface area contributed by atoms with Gasteiger partial charge < -0.3 is 9.40 Å². The summed E-state index contributed by atoms with van der Waals surface area (Å²) in [5, 5.41) is 14.5. The number of nitrogens with zero attached hydrogens (tertiary/aromatic N) is 3. The third kappa shape index (κ3) is 3.90. The first kappa shape index (κ1) is 18.5. The van der Waals surface area contributed by atoms with Crippen LogP contribution in [0.3, 0.4) is 0 Å². The zero-order chi connectivity index (χ0) is 20.1. The van der Waals surface area contributed by atoms with Crippen molar-refractivity contribution in [1.29, 1.82) is 5.26 Å². The Morgan fingerprint density at radius 2 is 1.69 bits per heavy atom. The van der Waals surface area contributed by atoms with Crippen LogP contribution in [0.4, 0.5) is 0 Å². The van der Waals surface area contributed by atoms with Gasteiger partial charge in [0.25, 0.3) is 0 Å². The van der Waals surface area contributed by atoms with Gasteiger partial charge in [0.1, 0.15) is 6.61 Å². The first-order chi connectivity index (χ1) is 14.3. The molecule has 0 unspecified atom stereocenters. The Kier molecular flexibility index (Phi) is 5.40. The highest BCUT2D eigenvalue weighted by Crippen LogP contribution is 2.25. The van der Waals surface area contributed by atoms with Crippen LogP contribution in [0, 0.1) is 18.3 Å². The minimum Gasteiger partial charge on any atom is -0.391 e. The van der Waals surface area contributed by atoms with Gasteiger partial charge in [0, 0.05) is 34.3 Å². The summed E-state index contributed by atoms with van der Waals surface area (Å²) < 4.78 is 2.30. The van der Waals surface area contributed by atoms with Gasteiger partial charge in [-0.25, -0.2) is 0 Å². The van der Waals surface area contributed by atoms with E-state index < -0.39 is 0 Å². The summed E-state index contributed by atoms with van der Waals surface area (Å²) in [4.78, 5) is 5.51. The van der Waals surface area contributed by atoms with Gasteiger partial charge in [0.15, 0.2) is 0 Å². The zero-order valence-electron chi connectivity index (χ0n) is 16.2. The van der Waals surface area contributed by atoms with Crippen LogP contribution in [0.1, 0.15) is 27.9 Å². The molecule has 0 saturated heterocycles. The van der Waals surface area contributed by atoms with Gasteiger partial charge in [-0.2, -0.15) is 5.26 Å². The molecule has 0 N–H and O–H groups in total. The molecular weight excluding hydrogens is 358 g/mol. The Balaban J connectivity index is 1.60. The fourth-order valence-electron chi connectivity index (χ4n) is 3.54. The molecule has 1 heterocycles. The van der Waals surface area contributed by atoms with Crippen LogP contribution in [0.5, 0.6) is 0 Å². The fourth-order valence-corrected chi connectivity index (χ4v) is 3.54. The second-order valence-electron chi connectivity index (χ2n) is 6.86. The first-order valence-electron chi connectivity index (χ1n) is 9.53. The van der Waals surface area contributed by atoms with Gasteiger partial charge >= 0.3 is 0 Å². The summed E-state index contributed by atoms with van der Waals surface area (Å²) in [6.45, 7) is 3.18. The van der Waals surface area contributed by atoms with E-state index in [-0.39, 0.29) is 6.61 Å². The van der Waals surface area contributed by atoms with Gasteiger partial charge in [-0.1, -0.05) is 71.9 Å². The molecule has 142 valence electrons. The molecule has 0 aliphatic carbocycles. The maximum absolute atomic E-state index is 9.18. The molecule has 4 heteroatoms. The molecule has 0 atom stereocenters. The Morgan fingerprint density at radius 3 is 2.52 bits per heavy atom. The molecule has 4 aromatic rings. The maximum atomic E-state index is 9.18. The van der Waals surface area contributed by atoms with Crippen molar-refractivity contribution in [3.8, 4) is 6.07 Å². The summed E-state index contributed by atoms with van der Waals surface area (Å²) in [6.07, 6.45) is 1.77. The maximum Gasteiger partial charge on any atom is 0.143 e. The van der Waals surface area contributed by atoms with E-state index in [1.165, 1.54) is 11.1 Å². The number of oxime groups is 1. The number of para-hydroxylation sites is 1. The Labute approximate surface area is 170 Å². The lowest BCUT2D eigenvalue weighted by Gasteiger charge is -2.08. The van der Waals surface area contributed by atoms with Crippen LogP contribution in [0.2, 0.25) is 0 Å². The van der Waals surface area contributed by atoms with E-state index in [9.17, 15) is 5.26 Å². The molecule has 1 aromatic heterocycles. The Bertz CT molecular complexity index is 1200. The van der Waals surface area contributed by atoms with E-state index in [1.807, 2.05) is 30.3 Å². The van der Waals surface area contributed by atoms with Crippen molar-refractivity contribution in [1.82, 2.24) is 4.57 Å². The lowest BCUT2D eigenvalue weighted by atomic mass is 10.1. The van der Waals surface area contributed by atoms with E-state index >= 15 is 0 Å². The minimum absolute atomic E-state index is 0.266. The third-order valence-corrected chi connectivity index (χ3v) is 5.08. The summed E-state index contributed by atoms with van der Waals surface area (Å²) in [7, 11) is 0. The van der Waals surface area contributed by atoms with Gasteiger partial charge in [-0.05, 0) is 24.6 Å². The highest BCUT2D eigenvalue weighted by molar-refractivity contribution is 6.01. The molecule has 29 heavy (non-hydrogen) atoms. The van der Waals surface area contributed by atoms with E-state index in [0.717, 1.165) is 28.8 Å². The standard InChI is InChI=1S/C25H21N3O/c1-19-24(16-27-29-18-22-12-6-5-11-21(22)15-26)23-13-7-8-14-25(23)28(19)17-20-9-3-2-4-10-20/h2-14,16H,17-18H2,1H3/b27-16-. The molecule has 0 amide bonds. The van der Waals surface area contributed by atoms with Gasteiger partial charge in [0.05, 0.1) is 17.8 Å². The lowest BCUT2D eigenvalue weighted by Crippen LogP contribution is -2.02. The number of hydrogen-bond donors (Lipinski definition) is 0. The van der Waals surface area contributed by atoms with Gasteiger partial charge in [0.2, 0.25) is 0 Å². The van der Waals surface area contributed by atoms with Crippen molar-refractivity contribution < 1.29 is 4.84 Å². The molecule has 0 aliphatic rings. The number of rotatable bonds is 6. The minimum atomic E-state index is 0.266. The largest absolute Gasteiger partial charge is 0.391 e. The van der Waals surface area contributed by atoms with Crippen molar-refractivity contribution in [2.75, 3.05) is 0 Å². The van der Waals surface area contributed by atoms with Crippen molar-refractivity contribution >= 4 is 17.1 Å². The van der Waals surface area contributed by atoms with E-state index in [2.05, 4.69) is 65.2 Å². The molecule has 0 saturated carbocycles. The number of benzene rings is 3. The number of hydrogen-bond acceptors (Lipinski definition) is 3. The molecule has 0 radical (unpaired) electrons. The predicted molar refractivity (Wildman–Crippen MR) is 116 cm³/mol. The third-order valence-electron chi connectivity index (χ3n) is 5.08. The average Bonchev–Trinajstić information content (AvgIpc) is 3.03. The topological polar surface area (TPSA) is 50.3 Å². The zero-order valence-corrected chi connectivity index (χ0v) is 16.2. The van der Waals surface area contributed by atoms with Crippen LogP contribution in [-0.2, 0) is 18.0 Å². The SMILES string of the molecule is Cc1c(/C=N\OCc2ccccc2C#N)c2ccccc2n1Cc1ccccc1. The van der Waals surface area contributed by atoms with Gasteiger partial charge in [-0.15, -0.1) is 0 Å². The van der Waals surface area contributed by atoms with Crippen molar-refractivity contribution in [3.63, 3.8) is 0 Å². The fraction of sp³-hybridized carbons (Fsp3) is 0.120. The lowest BCUT2D eigenvalue weighted by molar-refractivity contribution is 0.132. The molecular formula is C25H21N3O. The van der Waals surface area contributed by atoms with Gasteiger partial charge in [-0.3, -0.25) is 0 Å². The number of aromatic nitrogens is 1. The summed E-state index contributed by atoms with van der Waals surface area (Å²) in [5.41, 5.74) is 6.05. The molecule has 4 nitrogen and oxygen atoms in total. The van der Waals surface area contributed by atoms with E-state index in [0.29, 0.717) is 5.56 Å². The molecule has 0 fully saturated rings. The monoisotopic (exact) mass is 379 g/mol. The summed E-state index contributed by atoms with van der Waals surface area (Å²) in [5.74, 6) is 0. The molecule has 0 spiro atoms. The van der Waals surface area contributed by atoms with Crippen LogP contribution >= 0.6 is 0 Å². The second kappa shape index (κ2) is 8.45. The van der Waals surface area contributed by atoms with Crippen molar-refractivity contribution in [2.45, 2.75) is 20.1 Å². The van der Waals surface area contributed by atoms with Crippen LogP contribution in [-0.4, -0.2) is 10.8 Å². The highest BCUT2D eigenvalue weighted by Gasteiger charge is 2.12. The van der Waals surface area contributed by atoms with E-state index in [4.69, 9.17) is 4.84 Å². The normalized spacial score (nSPS) is 11.0. The van der Waals surface area contributed by atoms with Crippen LogP contribution in [0.15, 0.2) is 84.0 Å². The highest BCUT2D eigenvalue weighted by atomic mass is 16.6. The second-order valence-corrected chi connectivity index (χ2v) is 6.86. The van der Waals surface area contributed by atoms with E-state index in [1.54, 1.807) is 12.3 Å². The molecule has 0 bridgehead atoms. The molecule has 0 aliphatic heterocycles. The Morgan fingerprint density at radius 1 is 0.966 bits per heavy atom. The summed E-state index contributed by atoms with van der Waals surface area (Å²) in [6, 6.07) is 28.3. The quantitative estimate of drug-likeness (QED) is 0.332. The Hall–Kier alpha value is -3.84. The summed E-state index contributed by atoms with van der Waals surface area (Å²) >= 11 is 0. The van der Waals surface area contributed by atoms with Crippen LogP contribution in [0.25, 0.3) is 10.9 Å². The smallest absolute Gasteiger partial charge is 0.143 e. The van der Waals surface area contributed by atoms with Crippen LogP contribution < -0.4 is 0 Å². The number of fused-ring (bicyclic) bond motifs is 1. The first-order valence-corrected chi connectivity index (χ1v) is 9.53. The predicted octanol–water partition coefficient (Wildman–Crippen LogP) is 5.42. The molecule has 4 rings (SSSR count). The van der Waals surface area contributed by atoms with Crippen molar-refractivity contribution in [3.05, 3.63) is 107 Å².